The first-order valence-electron chi connectivity index (χ1n) is 8.80. The lowest BCUT2D eigenvalue weighted by Gasteiger charge is -2.22. The van der Waals surface area contributed by atoms with Crippen LogP contribution in [0.1, 0.15) is 28.9 Å². The Labute approximate surface area is 148 Å². The molecule has 1 aliphatic heterocycles. The number of likely N-dealkylation sites (N-methyl/N-ethyl adjacent to an activating group) is 1. The minimum atomic E-state index is -0.106. The molecule has 25 heavy (non-hydrogen) atoms. The van der Waals surface area contributed by atoms with Gasteiger partial charge in [-0.05, 0) is 37.4 Å². The number of carbonyl (C=O) groups is 1. The summed E-state index contributed by atoms with van der Waals surface area (Å²) in [5, 5.41) is 11.6. The normalized spacial score (nSPS) is 17.7. The molecule has 132 valence electrons. The first-order valence-corrected chi connectivity index (χ1v) is 8.80. The van der Waals surface area contributed by atoms with Crippen molar-refractivity contribution in [2.45, 2.75) is 19.4 Å². The second-order valence-corrected chi connectivity index (χ2v) is 6.54. The van der Waals surface area contributed by atoms with E-state index in [0.29, 0.717) is 18.2 Å². The largest absolute Gasteiger partial charge is 0.337 e. The SMILES string of the molecule is CN(C/C=C/c1ccccc1)C(=O)c1cn(CC2CCCNC2)nn1. The zero-order chi connectivity index (χ0) is 17.5. The molecular formula is C19H25N5O. The van der Waals surface area contributed by atoms with Crippen molar-refractivity contribution in [2.75, 3.05) is 26.7 Å². The molecule has 0 spiro atoms. The Balaban J connectivity index is 1.52. The standard InChI is InChI=1S/C19H25N5O/c1-23(12-6-10-16-7-3-2-4-8-16)19(25)18-15-24(22-21-18)14-17-9-5-11-20-13-17/h2-4,6-8,10,15,17,20H,5,9,11-14H2,1H3/b10-6+. The van der Waals surface area contributed by atoms with Crippen molar-refractivity contribution in [1.29, 1.82) is 0 Å². The van der Waals surface area contributed by atoms with Gasteiger partial charge < -0.3 is 10.2 Å². The van der Waals surface area contributed by atoms with E-state index in [-0.39, 0.29) is 5.91 Å². The monoisotopic (exact) mass is 339 g/mol. The summed E-state index contributed by atoms with van der Waals surface area (Å²) in [5.74, 6) is 0.454. The Bertz CT molecular complexity index is 704. The summed E-state index contributed by atoms with van der Waals surface area (Å²) in [6.07, 6.45) is 8.14. The van der Waals surface area contributed by atoms with E-state index in [1.54, 1.807) is 22.8 Å². The molecule has 1 unspecified atom stereocenters. The van der Waals surface area contributed by atoms with Crippen LogP contribution < -0.4 is 5.32 Å². The summed E-state index contributed by atoms with van der Waals surface area (Å²) in [5.41, 5.74) is 1.52. The molecule has 0 aliphatic carbocycles. The summed E-state index contributed by atoms with van der Waals surface area (Å²) < 4.78 is 1.79. The van der Waals surface area contributed by atoms with Gasteiger partial charge in [-0.25, -0.2) is 0 Å². The molecule has 3 rings (SSSR count). The van der Waals surface area contributed by atoms with E-state index < -0.39 is 0 Å². The minimum absolute atomic E-state index is 0.106. The Kier molecular flexibility index (Phi) is 5.95. The lowest BCUT2D eigenvalue weighted by molar-refractivity contribution is 0.0804. The van der Waals surface area contributed by atoms with Crippen LogP contribution in [0.3, 0.4) is 0 Å². The second-order valence-electron chi connectivity index (χ2n) is 6.54. The Morgan fingerprint density at radius 3 is 3.00 bits per heavy atom. The van der Waals surface area contributed by atoms with Gasteiger partial charge in [0.1, 0.15) is 0 Å². The lowest BCUT2D eigenvalue weighted by atomic mass is 10.00. The first kappa shape index (κ1) is 17.4. The third kappa shape index (κ3) is 5.00. The molecule has 1 atom stereocenters. The van der Waals surface area contributed by atoms with Crippen molar-refractivity contribution >= 4 is 12.0 Å². The summed E-state index contributed by atoms with van der Waals surface area (Å²) in [6, 6.07) is 10.0. The van der Waals surface area contributed by atoms with Crippen molar-refractivity contribution in [2.24, 2.45) is 5.92 Å². The smallest absolute Gasteiger partial charge is 0.276 e. The van der Waals surface area contributed by atoms with Gasteiger partial charge in [0.05, 0.1) is 6.20 Å². The van der Waals surface area contributed by atoms with Gasteiger partial charge in [0.2, 0.25) is 0 Å². The van der Waals surface area contributed by atoms with E-state index in [1.807, 2.05) is 42.5 Å². The fraction of sp³-hybridized carbons (Fsp3) is 0.421. The molecule has 0 bridgehead atoms. The van der Waals surface area contributed by atoms with E-state index in [0.717, 1.165) is 25.2 Å². The fourth-order valence-corrected chi connectivity index (χ4v) is 3.02. The summed E-state index contributed by atoms with van der Waals surface area (Å²) in [4.78, 5) is 14.1. The maximum Gasteiger partial charge on any atom is 0.276 e. The van der Waals surface area contributed by atoms with E-state index in [2.05, 4.69) is 15.6 Å². The first-order chi connectivity index (χ1) is 12.2. The quantitative estimate of drug-likeness (QED) is 0.875. The van der Waals surface area contributed by atoms with Crippen molar-refractivity contribution in [1.82, 2.24) is 25.2 Å². The minimum Gasteiger partial charge on any atom is -0.337 e. The highest BCUT2D eigenvalue weighted by Crippen LogP contribution is 2.12. The Morgan fingerprint density at radius 2 is 2.24 bits per heavy atom. The number of hydrogen-bond donors (Lipinski definition) is 1. The number of aromatic nitrogens is 3. The van der Waals surface area contributed by atoms with Gasteiger partial charge in [-0.15, -0.1) is 5.10 Å². The highest BCUT2D eigenvalue weighted by molar-refractivity contribution is 5.91. The lowest BCUT2D eigenvalue weighted by Crippen LogP contribution is -2.32. The second kappa shape index (κ2) is 8.58. The van der Waals surface area contributed by atoms with E-state index in [1.165, 1.54) is 12.8 Å². The topological polar surface area (TPSA) is 63.1 Å². The third-order valence-corrected chi connectivity index (χ3v) is 4.44. The molecule has 1 aromatic carbocycles. The Morgan fingerprint density at radius 1 is 1.40 bits per heavy atom. The van der Waals surface area contributed by atoms with Crippen LogP contribution in [0, 0.1) is 5.92 Å². The molecule has 1 saturated heterocycles. The van der Waals surface area contributed by atoms with Gasteiger partial charge in [0.25, 0.3) is 5.91 Å². The van der Waals surface area contributed by atoms with Crippen LogP contribution in [-0.2, 0) is 6.54 Å². The molecular weight excluding hydrogens is 314 g/mol. The zero-order valence-corrected chi connectivity index (χ0v) is 14.6. The van der Waals surface area contributed by atoms with Gasteiger partial charge in [0.15, 0.2) is 5.69 Å². The molecule has 6 heteroatoms. The number of hydrogen-bond acceptors (Lipinski definition) is 4. The fourth-order valence-electron chi connectivity index (χ4n) is 3.02. The van der Waals surface area contributed by atoms with Crippen molar-refractivity contribution in [3.8, 4) is 0 Å². The van der Waals surface area contributed by atoms with Gasteiger partial charge in [0, 0.05) is 20.1 Å². The van der Waals surface area contributed by atoms with Gasteiger partial charge >= 0.3 is 0 Å². The van der Waals surface area contributed by atoms with E-state index in [9.17, 15) is 4.79 Å². The van der Waals surface area contributed by atoms with Crippen LogP contribution in [0.4, 0.5) is 0 Å². The average molecular weight is 339 g/mol. The predicted octanol–water partition coefficient (Wildman–Crippen LogP) is 2.06. The molecule has 6 nitrogen and oxygen atoms in total. The molecule has 0 radical (unpaired) electrons. The number of carbonyl (C=O) groups excluding carboxylic acids is 1. The number of benzene rings is 1. The van der Waals surface area contributed by atoms with Gasteiger partial charge in [-0.3, -0.25) is 9.48 Å². The number of amides is 1. The number of piperidine rings is 1. The maximum absolute atomic E-state index is 12.5. The molecule has 1 aromatic heterocycles. The average Bonchev–Trinajstić information content (AvgIpc) is 3.11. The molecule has 1 fully saturated rings. The molecule has 0 saturated carbocycles. The van der Waals surface area contributed by atoms with Gasteiger partial charge in [-0.2, -0.15) is 0 Å². The summed E-state index contributed by atoms with van der Waals surface area (Å²) >= 11 is 0. The summed E-state index contributed by atoms with van der Waals surface area (Å²) in [6.45, 7) is 3.45. The molecule has 1 N–H and O–H groups in total. The molecule has 2 heterocycles. The number of nitrogens with zero attached hydrogens (tertiary/aromatic N) is 4. The van der Waals surface area contributed by atoms with Crippen LogP contribution in [0.2, 0.25) is 0 Å². The van der Waals surface area contributed by atoms with Crippen LogP contribution >= 0.6 is 0 Å². The maximum atomic E-state index is 12.5. The van der Waals surface area contributed by atoms with E-state index in [4.69, 9.17) is 0 Å². The van der Waals surface area contributed by atoms with Crippen LogP contribution in [0.25, 0.3) is 6.08 Å². The van der Waals surface area contributed by atoms with E-state index >= 15 is 0 Å². The highest BCUT2D eigenvalue weighted by Gasteiger charge is 2.18. The van der Waals surface area contributed by atoms with Crippen molar-refractivity contribution < 1.29 is 4.79 Å². The molecule has 2 aromatic rings. The molecule has 1 aliphatic rings. The van der Waals surface area contributed by atoms with Gasteiger partial charge in [-0.1, -0.05) is 47.7 Å². The highest BCUT2D eigenvalue weighted by atomic mass is 16.2. The van der Waals surface area contributed by atoms with Crippen LogP contribution in [-0.4, -0.2) is 52.5 Å². The Hall–Kier alpha value is -2.47. The van der Waals surface area contributed by atoms with Crippen LogP contribution in [0.5, 0.6) is 0 Å². The number of nitrogens with one attached hydrogen (secondary N) is 1. The van der Waals surface area contributed by atoms with Crippen LogP contribution in [0.15, 0.2) is 42.6 Å². The molecule has 1 amide bonds. The third-order valence-electron chi connectivity index (χ3n) is 4.44. The predicted molar refractivity (Wildman–Crippen MR) is 98.1 cm³/mol. The zero-order valence-electron chi connectivity index (χ0n) is 14.6. The van der Waals surface area contributed by atoms with Crippen molar-refractivity contribution in [3.05, 3.63) is 53.9 Å². The summed E-state index contributed by atoms with van der Waals surface area (Å²) in [7, 11) is 1.78. The number of rotatable bonds is 6. The van der Waals surface area contributed by atoms with Crippen molar-refractivity contribution in [3.63, 3.8) is 0 Å².